The van der Waals surface area contributed by atoms with Crippen LogP contribution in [0.2, 0.25) is 0 Å². The molecule has 0 aliphatic heterocycles. The summed E-state index contributed by atoms with van der Waals surface area (Å²) in [7, 11) is 2.50. The third-order valence-corrected chi connectivity index (χ3v) is 4.71. The number of nitrogens with one attached hydrogen (secondary N) is 1. The zero-order chi connectivity index (χ0) is 22.6. The molecular formula is C17H13F3N6O4S. The predicted octanol–water partition coefficient (Wildman–Crippen LogP) is 2.84. The fourth-order valence-electron chi connectivity index (χ4n) is 2.46. The van der Waals surface area contributed by atoms with Crippen molar-refractivity contribution in [1.82, 2.24) is 19.9 Å². The molecule has 0 unspecified atom stereocenters. The first-order chi connectivity index (χ1) is 14.8. The lowest BCUT2D eigenvalue weighted by Gasteiger charge is -2.09. The Bertz CT molecular complexity index is 1100. The Morgan fingerprint density at radius 1 is 1.16 bits per heavy atom. The maximum absolute atomic E-state index is 13.6. The maximum Gasteiger partial charge on any atom is 0.434 e. The van der Waals surface area contributed by atoms with Crippen molar-refractivity contribution in [2.75, 3.05) is 19.5 Å². The molecular weight excluding hydrogens is 441 g/mol. The molecule has 0 aliphatic carbocycles. The van der Waals surface area contributed by atoms with Crippen molar-refractivity contribution in [3.8, 4) is 11.8 Å². The summed E-state index contributed by atoms with van der Waals surface area (Å²) in [5.74, 6) is -1.21. The molecule has 0 bridgehead atoms. The molecule has 3 aromatic rings. The monoisotopic (exact) mass is 454 g/mol. The molecule has 0 saturated heterocycles. The van der Waals surface area contributed by atoms with E-state index in [0.717, 1.165) is 6.33 Å². The number of pyridine rings is 1. The molecule has 0 atom stereocenters. The van der Waals surface area contributed by atoms with Gasteiger partial charge in [-0.25, -0.2) is 15.0 Å². The lowest BCUT2D eigenvalue weighted by atomic mass is 10.2. The lowest BCUT2D eigenvalue weighted by Crippen LogP contribution is -2.16. The second kappa shape index (κ2) is 8.91. The van der Waals surface area contributed by atoms with Crippen molar-refractivity contribution in [3.05, 3.63) is 52.6 Å². The molecule has 1 amide bonds. The van der Waals surface area contributed by atoms with Crippen LogP contribution in [0.1, 0.15) is 26.6 Å². The van der Waals surface area contributed by atoms with E-state index in [0.29, 0.717) is 11.3 Å². The maximum atomic E-state index is 13.6. The predicted molar refractivity (Wildman–Crippen MR) is 102 cm³/mol. The summed E-state index contributed by atoms with van der Waals surface area (Å²) >= 11 is 0.448. The standard InChI is InChI=1S/C17H13F3N6O4S/c1-29-14-9(15(30-2)23-7-22-14)13(27)25-16-24-12(17(18,19)20)11(31-16)10(26-28)8-5-3-4-6-21-8/h3-7,28H,1-2H3,(H,24,25,27)/b26-10+. The van der Waals surface area contributed by atoms with Gasteiger partial charge in [0.15, 0.2) is 16.4 Å². The summed E-state index contributed by atoms with van der Waals surface area (Å²) in [5.41, 5.74) is -2.06. The molecule has 0 radical (unpaired) electrons. The Hall–Kier alpha value is -3.81. The SMILES string of the molecule is COc1ncnc(OC)c1C(=O)Nc1nc(C(F)(F)F)c(/C(=N/O)c2ccccn2)s1. The van der Waals surface area contributed by atoms with Gasteiger partial charge in [0.25, 0.3) is 5.91 Å². The number of methoxy groups -OCH3 is 2. The Morgan fingerprint density at radius 3 is 2.35 bits per heavy atom. The van der Waals surface area contributed by atoms with E-state index in [1.807, 2.05) is 0 Å². The topological polar surface area (TPSA) is 132 Å². The molecule has 0 aromatic carbocycles. The average molecular weight is 454 g/mol. The quantitative estimate of drug-likeness (QED) is 0.330. The van der Waals surface area contributed by atoms with Crippen molar-refractivity contribution < 1.29 is 32.6 Å². The van der Waals surface area contributed by atoms with Gasteiger partial charge in [-0.05, 0) is 12.1 Å². The summed E-state index contributed by atoms with van der Waals surface area (Å²) < 4.78 is 50.7. The lowest BCUT2D eigenvalue weighted by molar-refractivity contribution is -0.140. The van der Waals surface area contributed by atoms with E-state index in [2.05, 4.69) is 30.4 Å². The molecule has 0 spiro atoms. The molecule has 3 heterocycles. The highest BCUT2D eigenvalue weighted by atomic mass is 32.1. The van der Waals surface area contributed by atoms with E-state index < -0.39 is 33.5 Å². The summed E-state index contributed by atoms with van der Waals surface area (Å²) in [6, 6.07) is 4.42. The molecule has 14 heteroatoms. The molecule has 162 valence electrons. The number of rotatable bonds is 6. The van der Waals surface area contributed by atoms with Crippen molar-refractivity contribution >= 4 is 28.1 Å². The Balaban J connectivity index is 2.04. The van der Waals surface area contributed by atoms with Crippen LogP contribution in [0.5, 0.6) is 11.8 Å². The number of carbonyl (C=O) groups excluding carboxylic acids is 1. The number of carbonyl (C=O) groups is 1. The second-order valence-corrected chi connectivity index (χ2v) is 6.58. The van der Waals surface area contributed by atoms with Crippen LogP contribution >= 0.6 is 11.3 Å². The number of anilines is 1. The molecule has 0 aliphatic rings. The van der Waals surface area contributed by atoms with Crippen LogP contribution in [0.15, 0.2) is 35.9 Å². The second-order valence-electron chi connectivity index (χ2n) is 5.58. The van der Waals surface area contributed by atoms with Gasteiger partial charge in [-0.2, -0.15) is 13.2 Å². The highest BCUT2D eigenvalue weighted by molar-refractivity contribution is 7.18. The minimum absolute atomic E-state index is 0.0168. The van der Waals surface area contributed by atoms with E-state index in [9.17, 15) is 23.2 Å². The van der Waals surface area contributed by atoms with Gasteiger partial charge in [-0.1, -0.05) is 22.6 Å². The number of hydrogen-bond acceptors (Lipinski definition) is 10. The average Bonchev–Trinajstić information content (AvgIpc) is 3.18. The van der Waals surface area contributed by atoms with Crippen LogP contribution in [-0.4, -0.2) is 51.0 Å². The first-order valence-corrected chi connectivity index (χ1v) is 9.08. The summed E-state index contributed by atoms with van der Waals surface area (Å²) in [6.45, 7) is 0. The Labute approximate surface area is 176 Å². The third-order valence-electron chi connectivity index (χ3n) is 3.73. The van der Waals surface area contributed by atoms with Gasteiger partial charge in [0.1, 0.15) is 12.0 Å². The molecule has 3 rings (SSSR count). The number of thiazole rings is 1. The Kier molecular flexibility index (Phi) is 6.29. The Morgan fingerprint density at radius 2 is 1.84 bits per heavy atom. The van der Waals surface area contributed by atoms with Crippen molar-refractivity contribution in [2.45, 2.75) is 6.18 Å². The minimum Gasteiger partial charge on any atom is -0.480 e. The molecule has 3 aromatic heterocycles. The van der Waals surface area contributed by atoms with Gasteiger partial charge >= 0.3 is 6.18 Å². The highest BCUT2D eigenvalue weighted by Crippen LogP contribution is 2.38. The zero-order valence-corrected chi connectivity index (χ0v) is 16.7. The smallest absolute Gasteiger partial charge is 0.434 e. The first kappa shape index (κ1) is 21.9. The number of ether oxygens (including phenoxy) is 2. The van der Waals surface area contributed by atoms with Crippen LogP contribution in [0.3, 0.4) is 0 Å². The largest absolute Gasteiger partial charge is 0.480 e. The number of oxime groups is 1. The zero-order valence-electron chi connectivity index (χ0n) is 15.8. The molecule has 2 N–H and O–H groups in total. The first-order valence-electron chi connectivity index (χ1n) is 8.26. The molecule has 0 fully saturated rings. The number of nitrogens with zero attached hydrogens (tertiary/aromatic N) is 5. The van der Waals surface area contributed by atoms with Crippen LogP contribution < -0.4 is 14.8 Å². The number of hydrogen-bond donors (Lipinski definition) is 2. The fourth-order valence-corrected chi connectivity index (χ4v) is 3.43. The number of amides is 1. The highest BCUT2D eigenvalue weighted by Gasteiger charge is 2.40. The van der Waals surface area contributed by atoms with Crippen molar-refractivity contribution in [1.29, 1.82) is 0 Å². The minimum atomic E-state index is -4.90. The molecule has 10 nitrogen and oxygen atoms in total. The summed E-state index contributed by atoms with van der Waals surface area (Å²) in [6.07, 6.45) is -2.48. The van der Waals surface area contributed by atoms with Crippen LogP contribution in [0.4, 0.5) is 18.3 Å². The van der Waals surface area contributed by atoms with E-state index in [1.165, 1.54) is 32.5 Å². The van der Waals surface area contributed by atoms with Crippen molar-refractivity contribution in [2.24, 2.45) is 5.16 Å². The van der Waals surface area contributed by atoms with E-state index in [1.54, 1.807) is 6.07 Å². The van der Waals surface area contributed by atoms with Gasteiger partial charge in [-0.15, -0.1) is 0 Å². The van der Waals surface area contributed by atoms with Gasteiger partial charge in [0.05, 0.1) is 24.8 Å². The van der Waals surface area contributed by atoms with Crippen LogP contribution in [0.25, 0.3) is 0 Å². The van der Waals surface area contributed by atoms with E-state index >= 15 is 0 Å². The van der Waals surface area contributed by atoms with Gasteiger partial charge in [-0.3, -0.25) is 15.1 Å². The molecule has 31 heavy (non-hydrogen) atoms. The van der Waals surface area contributed by atoms with Gasteiger partial charge < -0.3 is 14.7 Å². The van der Waals surface area contributed by atoms with Gasteiger partial charge in [0, 0.05) is 6.20 Å². The summed E-state index contributed by atoms with van der Waals surface area (Å²) in [5, 5.41) is 14.1. The number of alkyl halides is 3. The fraction of sp³-hybridized carbons (Fsp3) is 0.176. The van der Waals surface area contributed by atoms with Gasteiger partial charge in [0.2, 0.25) is 11.8 Å². The van der Waals surface area contributed by atoms with Crippen LogP contribution in [-0.2, 0) is 6.18 Å². The van der Waals surface area contributed by atoms with Crippen LogP contribution in [0, 0.1) is 0 Å². The number of aromatic nitrogens is 4. The van der Waals surface area contributed by atoms with Crippen molar-refractivity contribution in [3.63, 3.8) is 0 Å². The number of halogens is 3. The normalized spacial score (nSPS) is 11.8. The summed E-state index contributed by atoms with van der Waals surface area (Å²) in [4.78, 5) is 27.1. The third kappa shape index (κ3) is 4.53. The molecule has 0 saturated carbocycles. The van der Waals surface area contributed by atoms with E-state index in [-0.39, 0.29) is 23.0 Å². The van der Waals surface area contributed by atoms with E-state index in [4.69, 9.17) is 9.47 Å².